The van der Waals surface area contributed by atoms with Gasteiger partial charge in [-0.3, -0.25) is 14.2 Å². The third-order valence-corrected chi connectivity index (χ3v) is 5.14. The molecule has 1 atom stereocenters. The molecule has 1 aliphatic carbocycles. The zero-order valence-corrected chi connectivity index (χ0v) is 16.6. The summed E-state index contributed by atoms with van der Waals surface area (Å²) in [4.78, 5) is 29.8. The number of hydrogen-bond donors (Lipinski definition) is 2. The summed E-state index contributed by atoms with van der Waals surface area (Å²) in [5.74, 6) is 0.169. The van der Waals surface area contributed by atoms with Crippen molar-refractivity contribution in [2.24, 2.45) is 0 Å². The summed E-state index contributed by atoms with van der Waals surface area (Å²) in [5, 5.41) is 6.19. The fraction of sp³-hybridized carbons (Fsp3) is 0.261. The number of nitrogens with zero attached hydrogens (tertiary/aromatic N) is 2. The van der Waals surface area contributed by atoms with Crippen molar-refractivity contribution >= 4 is 11.7 Å². The first-order valence-corrected chi connectivity index (χ1v) is 9.84. The van der Waals surface area contributed by atoms with Crippen LogP contribution in [0.5, 0.6) is 0 Å². The Balaban J connectivity index is 1.64. The van der Waals surface area contributed by atoms with E-state index in [1.165, 1.54) is 4.57 Å². The molecule has 0 bridgehead atoms. The van der Waals surface area contributed by atoms with Gasteiger partial charge >= 0.3 is 0 Å². The molecule has 2 N–H and O–H groups in total. The Bertz CT molecular complexity index is 1090. The molecule has 6 nitrogen and oxygen atoms in total. The van der Waals surface area contributed by atoms with Crippen LogP contribution in [0.15, 0.2) is 65.7 Å². The number of nitrogens with one attached hydrogen (secondary N) is 2. The summed E-state index contributed by atoms with van der Waals surface area (Å²) in [6.45, 7) is 3.91. The number of aromatic nitrogens is 2. The quantitative estimate of drug-likeness (QED) is 0.676. The average Bonchev–Trinajstić information content (AvgIpc) is 3.55. The third-order valence-electron chi connectivity index (χ3n) is 5.14. The summed E-state index contributed by atoms with van der Waals surface area (Å²) in [7, 11) is 0. The number of carbonyl (C=O) groups is 1. The molecule has 1 amide bonds. The van der Waals surface area contributed by atoms with Gasteiger partial charge in [0.25, 0.3) is 11.5 Å². The summed E-state index contributed by atoms with van der Waals surface area (Å²) >= 11 is 0. The Morgan fingerprint density at radius 3 is 2.66 bits per heavy atom. The van der Waals surface area contributed by atoms with Crippen LogP contribution in [0, 0.1) is 6.92 Å². The maximum atomic E-state index is 13.1. The van der Waals surface area contributed by atoms with Gasteiger partial charge in [-0.25, -0.2) is 4.98 Å². The van der Waals surface area contributed by atoms with Crippen molar-refractivity contribution in [3.05, 3.63) is 88.0 Å². The highest BCUT2D eigenvalue weighted by molar-refractivity contribution is 5.95. The number of anilines is 1. The minimum absolute atomic E-state index is 0.0657. The van der Waals surface area contributed by atoms with E-state index in [4.69, 9.17) is 0 Å². The Hall–Kier alpha value is -3.41. The summed E-state index contributed by atoms with van der Waals surface area (Å²) in [6, 6.07) is 15.5. The van der Waals surface area contributed by atoms with Gasteiger partial charge in [-0.2, -0.15) is 0 Å². The minimum atomic E-state index is -0.252. The van der Waals surface area contributed by atoms with Crippen LogP contribution in [0.1, 0.15) is 47.3 Å². The lowest BCUT2D eigenvalue weighted by Crippen LogP contribution is -2.27. The van der Waals surface area contributed by atoms with Gasteiger partial charge in [-0.15, -0.1) is 0 Å². The number of benzene rings is 2. The SMILES string of the molecule is Cc1ccc(C(=O)NC2CC2)cc1-n1ccnc(NC(C)c2ccccc2)c1=O. The minimum Gasteiger partial charge on any atom is -0.359 e. The van der Waals surface area contributed by atoms with Gasteiger partial charge < -0.3 is 10.6 Å². The van der Waals surface area contributed by atoms with Crippen molar-refractivity contribution in [3.8, 4) is 5.69 Å². The predicted octanol–water partition coefficient (Wildman–Crippen LogP) is 3.61. The molecule has 1 aromatic heterocycles. The first kappa shape index (κ1) is 18.9. The molecule has 0 saturated heterocycles. The molecule has 1 aliphatic rings. The number of hydrogen-bond acceptors (Lipinski definition) is 4. The lowest BCUT2D eigenvalue weighted by atomic mass is 10.1. The second-order valence-corrected chi connectivity index (χ2v) is 7.48. The van der Waals surface area contributed by atoms with Gasteiger partial charge in [0.2, 0.25) is 0 Å². The van der Waals surface area contributed by atoms with Crippen LogP contribution in [0.4, 0.5) is 5.82 Å². The fourth-order valence-corrected chi connectivity index (χ4v) is 3.24. The normalized spacial score (nSPS) is 14.3. The predicted molar refractivity (Wildman–Crippen MR) is 114 cm³/mol. The number of rotatable bonds is 6. The van der Waals surface area contributed by atoms with Crippen LogP contribution in [-0.4, -0.2) is 21.5 Å². The van der Waals surface area contributed by atoms with Crippen molar-refractivity contribution in [1.29, 1.82) is 0 Å². The number of aryl methyl sites for hydroxylation is 1. The molecule has 3 aromatic rings. The molecule has 148 valence electrons. The van der Waals surface area contributed by atoms with E-state index in [1.54, 1.807) is 24.5 Å². The largest absolute Gasteiger partial charge is 0.359 e. The molecule has 0 aliphatic heterocycles. The molecule has 2 aromatic carbocycles. The molecule has 1 fully saturated rings. The van der Waals surface area contributed by atoms with Gasteiger partial charge in [-0.1, -0.05) is 36.4 Å². The molecular formula is C23H24N4O2. The van der Waals surface area contributed by atoms with Crippen LogP contribution in [0.25, 0.3) is 5.69 Å². The maximum Gasteiger partial charge on any atom is 0.297 e. The Kier molecular flexibility index (Phi) is 5.16. The van der Waals surface area contributed by atoms with Crippen molar-refractivity contribution in [2.45, 2.75) is 38.8 Å². The molecule has 1 unspecified atom stereocenters. The Morgan fingerprint density at radius 1 is 1.17 bits per heavy atom. The second-order valence-electron chi connectivity index (χ2n) is 7.48. The third kappa shape index (κ3) is 4.21. The lowest BCUT2D eigenvalue weighted by Gasteiger charge is -2.16. The average molecular weight is 388 g/mol. The van der Waals surface area contributed by atoms with Gasteiger partial charge in [0, 0.05) is 24.0 Å². The monoisotopic (exact) mass is 388 g/mol. The molecule has 0 spiro atoms. The maximum absolute atomic E-state index is 13.1. The first-order valence-electron chi connectivity index (χ1n) is 9.84. The molecule has 4 rings (SSSR count). The summed E-state index contributed by atoms with van der Waals surface area (Å²) < 4.78 is 1.54. The molecular weight excluding hydrogens is 364 g/mol. The highest BCUT2D eigenvalue weighted by Gasteiger charge is 2.24. The second kappa shape index (κ2) is 7.91. The van der Waals surface area contributed by atoms with Crippen molar-refractivity contribution < 1.29 is 4.79 Å². The lowest BCUT2D eigenvalue weighted by molar-refractivity contribution is 0.0951. The Morgan fingerprint density at radius 2 is 1.93 bits per heavy atom. The molecule has 6 heteroatoms. The highest BCUT2D eigenvalue weighted by Crippen LogP contribution is 2.21. The van der Waals surface area contributed by atoms with Gasteiger partial charge in [0.15, 0.2) is 5.82 Å². The van der Waals surface area contributed by atoms with E-state index in [1.807, 2.05) is 50.2 Å². The van der Waals surface area contributed by atoms with Crippen LogP contribution in [0.2, 0.25) is 0 Å². The van der Waals surface area contributed by atoms with Crippen LogP contribution in [0.3, 0.4) is 0 Å². The van der Waals surface area contributed by atoms with Crippen molar-refractivity contribution in [3.63, 3.8) is 0 Å². The van der Waals surface area contributed by atoms with E-state index in [-0.39, 0.29) is 29.4 Å². The van der Waals surface area contributed by atoms with Gasteiger partial charge in [0.05, 0.1) is 11.7 Å². The Labute approximate surface area is 169 Å². The smallest absolute Gasteiger partial charge is 0.297 e. The highest BCUT2D eigenvalue weighted by atomic mass is 16.2. The zero-order chi connectivity index (χ0) is 20.4. The molecule has 1 heterocycles. The van der Waals surface area contributed by atoms with E-state index >= 15 is 0 Å². The first-order chi connectivity index (χ1) is 14.0. The topological polar surface area (TPSA) is 76.0 Å². The van der Waals surface area contributed by atoms with Gasteiger partial charge in [0.1, 0.15) is 0 Å². The number of amides is 1. The van der Waals surface area contributed by atoms with E-state index in [0.717, 1.165) is 24.0 Å². The summed E-state index contributed by atoms with van der Waals surface area (Å²) in [5.41, 5.74) is 2.95. The van der Waals surface area contributed by atoms with Crippen LogP contribution < -0.4 is 16.2 Å². The van der Waals surface area contributed by atoms with Crippen LogP contribution >= 0.6 is 0 Å². The van der Waals surface area contributed by atoms with Crippen molar-refractivity contribution in [2.75, 3.05) is 5.32 Å². The van der Waals surface area contributed by atoms with E-state index < -0.39 is 0 Å². The molecule has 29 heavy (non-hydrogen) atoms. The fourth-order valence-electron chi connectivity index (χ4n) is 3.24. The standard InChI is InChI=1S/C23H24N4O2/c1-15-8-9-18(22(28)26-19-10-11-19)14-20(15)27-13-12-24-21(23(27)29)25-16(2)17-6-4-3-5-7-17/h3-9,12-14,16,19H,10-11H2,1-2H3,(H,24,25)(H,26,28). The van der Waals surface area contributed by atoms with Crippen molar-refractivity contribution in [1.82, 2.24) is 14.9 Å². The summed E-state index contributed by atoms with van der Waals surface area (Å²) in [6.07, 6.45) is 5.29. The van der Waals surface area contributed by atoms with Gasteiger partial charge in [-0.05, 0) is 49.9 Å². The van der Waals surface area contributed by atoms with E-state index in [0.29, 0.717) is 11.3 Å². The number of carbonyl (C=O) groups excluding carboxylic acids is 1. The van der Waals surface area contributed by atoms with Crippen LogP contribution in [-0.2, 0) is 0 Å². The zero-order valence-electron chi connectivity index (χ0n) is 16.6. The molecule has 0 radical (unpaired) electrons. The molecule has 1 saturated carbocycles. The van der Waals surface area contributed by atoms with E-state index in [2.05, 4.69) is 15.6 Å². The van der Waals surface area contributed by atoms with E-state index in [9.17, 15) is 9.59 Å².